The van der Waals surface area contributed by atoms with Crippen LogP contribution >= 0.6 is 0 Å². The zero-order valence-electron chi connectivity index (χ0n) is 9.09. The fraction of sp³-hybridized carbons (Fsp3) is 0.364. The highest BCUT2D eigenvalue weighted by Crippen LogP contribution is 2.12. The van der Waals surface area contributed by atoms with E-state index in [1.165, 1.54) is 6.07 Å². The van der Waals surface area contributed by atoms with Crippen molar-refractivity contribution in [2.75, 3.05) is 11.9 Å². The maximum Gasteiger partial charge on any atom is 0.250 e. The van der Waals surface area contributed by atoms with Crippen molar-refractivity contribution in [3.8, 4) is 0 Å². The van der Waals surface area contributed by atoms with Gasteiger partial charge in [0, 0.05) is 11.8 Å². The molecule has 5 heteroatoms. The third kappa shape index (κ3) is 3.94. The lowest BCUT2D eigenvalue weighted by molar-refractivity contribution is -0.121. The Morgan fingerprint density at radius 2 is 2.06 bits per heavy atom. The molecule has 0 heterocycles. The summed E-state index contributed by atoms with van der Waals surface area (Å²) < 4.78 is 30.4. The smallest absolute Gasteiger partial charge is 0.250 e. The lowest BCUT2D eigenvalue weighted by Gasteiger charge is -2.08. The van der Waals surface area contributed by atoms with Gasteiger partial charge in [-0.2, -0.15) is 0 Å². The summed E-state index contributed by atoms with van der Waals surface area (Å²) in [7, 11) is 0. The van der Waals surface area contributed by atoms with Crippen LogP contribution < -0.4 is 5.32 Å². The molecule has 0 radical (unpaired) electrons. The van der Waals surface area contributed by atoms with Gasteiger partial charge in [0.25, 0.3) is 0 Å². The lowest BCUT2D eigenvalue weighted by atomic mass is 10.3. The molecule has 0 aromatic heterocycles. The molecule has 88 valence electrons. The molecule has 0 unspecified atom stereocenters. The summed E-state index contributed by atoms with van der Waals surface area (Å²) in [5, 5.41) is 2.39. The first-order valence-corrected chi connectivity index (χ1v) is 4.85. The molecule has 1 amide bonds. The Kier molecular flexibility index (Phi) is 4.37. The van der Waals surface area contributed by atoms with Gasteiger partial charge in [0.15, 0.2) is 11.6 Å². The average Bonchev–Trinajstić information content (AvgIpc) is 2.21. The van der Waals surface area contributed by atoms with E-state index in [9.17, 15) is 13.6 Å². The number of carbonyl (C=O) groups excluding carboxylic acids is 1. The SMILES string of the molecule is CC(C)OCC(=O)Nc1ccc(F)c(F)c1. The zero-order valence-corrected chi connectivity index (χ0v) is 9.09. The monoisotopic (exact) mass is 229 g/mol. The van der Waals surface area contributed by atoms with Crippen molar-refractivity contribution in [3.05, 3.63) is 29.8 Å². The lowest BCUT2D eigenvalue weighted by Crippen LogP contribution is -2.20. The molecule has 1 N–H and O–H groups in total. The Hall–Kier alpha value is -1.49. The number of rotatable bonds is 4. The number of anilines is 1. The maximum atomic E-state index is 12.8. The molecule has 3 nitrogen and oxygen atoms in total. The standard InChI is InChI=1S/C11H13F2NO2/c1-7(2)16-6-11(15)14-8-3-4-9(12)10(13)5-8/h3-5,7H,6H2,1-2H3,(H,14,15). The first-order valence-electron chi connectivity index (χ1n) is 4.85. The summed E-state index contributed by atoms with van der Waals surface area (Å²) in [6.45, 7) is 3.48. The number of benzene rings is 1. The van der Waals surface area contributed by atoms with Gasteiger partial charge >= 0.3 is 0 Å². The van der Waals surface area contributed by atoms with E-state index in [4.69, 9.17) is 4.74 Å². The highest BCUT2D eigenvalue weighted by molar-refractivity contribution is 5.91. The van der Waals surface area contributed by atoms with Gasteiger partial charge in [-0.25, -0.2) is 8.78 Å². The van der Waals surface area contributed by atoms with Crippen LogP contribution in [-0.4, -0.2) is 18.6 Å². The summed E-state index contributed by atoms with van der Waals surface area (Å²) >= 11 is 0. The molecule has 1 rings (SSSR count). The minimum atomic E-state index is -0.998. The van der Waals surface area contributed by atoms with Crippen LogP contribution in [0.4, 0.5) is 14.5 Å². The number of hydrogen-bond acceptors (Lipinski definition) is 2. The van der Waals surface area contributed by atoms with E-state index in [-0.39, 0.29) is 18.4 Å². The third-order valence-corrected chi connectivity index (χ3v) is 1.75. The van der Waals surface area contributed by atoms with E-state index in [1.807, 2.05) is 0 Å². The van der Waals surface area contributed by atoms with E-state index < -0.39 is 17.5 Å². The van der Waals surface area contributed by atoms with Crippen molar-refractivity contribution in [1.82, 2.24) is 0 Å². The van der Waals surface area contributed by atoms with Crippen LogP contribution in [0.15, 0.2) is 18.2 Å². The highest BCUT2D eigenvalue weighted by Gasteiger charge is 2.06. The van der Waals surface area contributed by atoms with Gasteiger partial charge in [-0.3, -0.25) is 4.79 Å². The first-order chi connectivity index (χ1) is 7.49. The fourth-order valence-corrected chi connectivity index (χ4v) is 1.01. The molecule has 0 fully saturated rings. The molecule has 0 bridgehead atoms. The van der Waals surface area contributed by atoms with Gasteiger partial charge in [-0.1, -0.05) is 0 Å². The predicted molar refractivity (Wildman–Crippen MR) is 56.1 cm³/mol. The third-order valence-electron chi connectivity index (χ3n) is 1.75. The van der Waals surface area contributed by atoms with E-state index in [2.05, 4.69) is 5.32 Å². The molecular formula is C11H13F2NO2. The van der Waals surface area contributed by atoms with Crippen LogP contribution in [0.5, 0.6) is 0 Å². The normalized spacial score (nSPS) is 10.6. The maximum absolute atomic E-state index is 12.8. The van der Waals surface area contributed by atoms with Crippen LogP contribution in [0, 0.1) is 11.6 Å². The van der Waals surface area contributed by atoms with Gasteiger partial charge in [0.1, 0.15) is 6.61 Å². The minimum Gasteiger partial charge on any atom is -0.369 e. The molecule has 1 aromatic carbocycles. The van der Waals surface area contributed by atoms with E-state index in [0.717, 1.165) is 12.1 Å². The fourth-order valence-electron chi connectivity index (χ4n) is 1.01. The van der Waals surface area contributed by atoms with Crippen LogP contribution in [0.2, 0.25) is 0 Å². The minimum absolute atomic E-state index is 0.0595. The number of hydrogen-bond donors (Lipinski definition) is 1. The van der Waals surface area contributed by atoms with Gasteiger partial charge in [0.05, 0.1) is 6.10 Å². The van der Waals surface area contributed by atoms with Crippen LogP contribution in [-0.2, 0) is 9.53 Å². The number of halogens is 2. The molecule has 0 saturated carbocycles. The van der Waals surface area contributed by atoms with Crippen LogP contribution in [0.3, 0.4) is 0 Å². The van der Waals surface area contributed by atoms with Crippen molar-refractivity contribution in [2.24, 2.45) is 0 Å². The predicted octanol–water partition coefficient (Wildman–Crippen LogP) is 2.33. The molecule has 0 aliphatic rings. The van der Waals surface area contributed by atoms with Crippen molar-refractivity contribution >= 4 is 11.6 Å². The molecule has 16 heavy (non-hydrogen) atoms. The van der Waals surface area contributed by atoms with Crippen molar-refractivity contribution in [3.63, 3.8) is 0 Å². The number of nitrogens with one attached hydrogen (secondary N) is 1. The van der Waals surface area contributed by atoms with Crippen molar-refractivity contribution < 1.29 is 18.3 Å². The highest BCUT2D eigenvalue weighted by atomic mass is 19.2. The Morgan fingerprint density at radius 3 is 2.62 bits per heavy atom. The molecule has 0 aliphatic carbocycles. The van der Waals surface area contributed by atoms with E-state index >= 15 is 0 Å². The van der Waals surface area contributed by atoms with Crippen molar-refractivity contribution in [1.29, 1.82) is 0 Å². The summed E-state index contributed by atoms with van der Waals surface area (Å²) in [4.78, 5) is 11.3. The van der Waals surface area contributed by atoms with Crippen LogP contribution in [0.25, 0.3) is 0 Å². The topological polar surface area (TPSA) is 38.3 Å². The Morgan fingerprint density at radius 1 is 1.38 bits per heavy atom. The van der Waals surface area contributed by atoms with E-state index in [0.29, 0.717) is 0 Å². The summed E-state index contributed by atoms with van der Waals surface area (Å²) in [5.74, 6) is -2.35. The summed E-state index contributed by atoms with van der Waals surface area (Å²) in [5.41, 5.74) is 0.205. The van der Waals surface area contributed by atoms with E-state index in [1.54, 1.807) is 13.8 Å². The molecular weight excluding hydrogens is 216 g/mol. The number of amides is 1. The molecule has 1 aromatic rings. The quantitative estimate of drug-likeness (QED) is 0.860. The summed E-state index contributed by atoms with van der Waals surface area (Å²) in [6, 6.07) is 3.16. The largest absolute Gasteiger partial charge is 0.369 e. The molecule has 0 saturated heterocycles. The Labute approximate surface area is 92.4 Å². The average molecular weight is 229 g/mol. The number of carbonyl (C=O) groups is 1. The second kappa shape index (κ2) is 5.55. The van der Waals surface area contributed by atoms with Gasteiger partial charge in [-0.05, 0) is 26.0 Å². The van der Waals surface area contributed by atoms with Gasteiger partial charge < -0.3 is 10.1 Å². The Bertz CT molecular complexity index is 380. The van der Waals surface area contributed by atoms with Crippen molar-refractivity contribution in [2.45, 2.75) is 20.0 Å². The molecule has 0 atom stereocenters. The summed E-state index contributed by atoms with van der Waals surface area (Å²) in [6.07, 6.45) is -0.0595. The van der Waals surface area contributed by atoms with Gasteiger partial charge in [-0.15, -0.1) is 0 Å². The van der Waals surface area contributed by atoms with Crippen LogP contribution in [0.1, 0.15) is 13.8 Å². The molecule has 0 spiro atoms. The zero-order chi connectivity index (χ0) is 12.1. The second-order valence-electron chi connectivity index (χ2n) is 3.54. The molecule has 0 aliphatic heterocycles. The number of ether oxygens (including phenoxy) is 1. The van der Waals surface area contributed by atoms with Gasteiger partial charge in [0.2, 0.25) is 5.91 Å². The second-order valence-corrected chi connectivity index (χ2v) is 3.54. The Balaban J connectivity index is 2.53. The first kappa shape index (κ1) is 12.6.